The maximum atomic E-state index is 12.5. The molecule has 1 N–H and O–H groups in total. The topological polar surface area (TPSA) is 47.0 Å². The molecule has 0 radical (unpaired) electrons. The van der Waals surface area contributed by atoms with Crippen molar-refractivity contribution < 1.29 is 17.9 Å². The summed E-state index contributed by atoms with van der Waals surface area (Å²) in [6, 6.07) is 5.97. The molecule has 4 nitrogen and oxygen atoms in total. The van der Waals surface area contributed by atoms with Gasteiger partial charge in [0.05, 0.1) is 11.7 Å². The number of hydrogen-bond donors (Lipinski definition) is 1. The normalized spacial score (nSPS) is 11.6. The SMILES string of the molecule is CC(C)Oc1cc(Cl)nc(Nc2ccc(C(F)(F)F)cc2)n1. The van der Waals surface area contributed by atoms with Crippen LogP contribution in [0.15, 0.2) is 30.3 Å². The lowest BCUT2D eigenvalue weighted by molar-refractivity contribution is -0.137. The van der Waals surface area contributed by atoms with Gasteiger partial charge in [0.15, 0.2) is 0 Å². The van der Waals surface area contributed by atoms with Crippen molar-refractivity contribution in [3.05, 3.63) is 41.0 Å². The molecule has 0 saturated carbocycles. The largest absolute Gasteiger partial charge is 0.475 e. The van der Waals surface area contributed by atoms with Crippen LogP contribution in [0.2, 0.25) is 5.15 Å². The Morgan fingerprint density at radius 2 is 1.77 bits per heavy atom. The van der Waals surface area contributed by atoms with E-state index >= 15 is 0 Å². The molecule has 1 aromatic heterocycles. The predicted octanol–water partition coefficient (Wildman–Crippen LogP) is 4.68. The first-order chi connectivity index (χ1) is 10.2. The Bertz CT molecular complexity index is 645. The first kappa shape index (κ1) is 16.4. The Labute approximate surface area is 130 Å². The fraction of sp³-hybridized carbons (Fsp3) is 0.286. The van der Waals surface area contributed by atoms with E-state index in [4.69, 9.17) is 16.3 Å². The van der Waals surface area contributed by atoms with E-state index in [2.05, 4.69) is 15.3 Å². The summed E-state index contributed by atoms with van der Waals surface area (Å²) in [5.41, 5.74) is -0.320. The van der Waals surface area contributed by atoms with Gasteiger partial charge in [0, 0.05) is 11.8 Å². The second-order valence-corrected chi connectivity index (χ2v) is 5.11. The third-order valence-corrected chi connectivity index (χ3v) is 2.69. The molecule has 22 heavy (non-hydrogen) atoms. The molecule has 2 aromatic rings. The molecule has 0 fully saturated rings. The fourth-order valence-electron chi connectivity index (χ4n) is 1.63. The second-order valence-electron chi connectivity index (χ2n) is 4.72. The number of nitrogens with one attached hydrogen (secondary N) is 1. The molecule has 0 aliphatic carbocycles. The second kappa shape index (κ2) is 6.39. The highest BCUT2D eigenvalue weighted by atomic mass is 35.5. The Kier molecular flexibility index (Phi) is 4.75. The van der Waals surface area contributed by atoms with Crippen molar-refractivity contribution in [3.8, 4) is 5.88 Å². The Hall–Kier alpha value is -2.02. The van der Waals surface area contributed by atoms with Gasteiger partial charge in [0.1, 0.15) is 5.15 Å². The molecule has 0 saturated heterocycles. The van der Waals surface area contributed by atoms with Gasteiger partial charge in [0.2, 0.25) is 11.8 Å². The summed E-state index contributed by atoms with van der Waals surface area (Å²) in [5, 5.41) is 2.95. The number of anilines is 2. The van der Waals surface area contributed by atoms with Crippen LogP contribution in [-0.2, 0) is 6.18 Å². The summed E-state index contributed by atoms with van der Waals surface area (Å²) >= 11 is 5.86. The lowest BCUT2D eigenvalue weighted by Crippen LogP contribution is -2.08. The molecule has 8 heteroatoms. The van der Waals surface area contributed by atoms with Crippen LogP contribution in [0.3, 0.4) is 0 Å². The lowest BCUT2D eigenvalue weighted by atomic mass is 10.2. The van der Waals surface area contributed by atoms with E-state index in [0.717, 1.165) is 12.1 Å². The molecule has 0 atom stereocenters. The first-order valence-electron chi connectivity index (χ1n) is 6.39. The number of ether oxygens (including phenoxy) is 1. The maximum absolute atomic E-state index is 12.5. The monoisotopic (exact) mass is 331 g/mol. The van der Waals surface area contributed by atoms with E-state index in [1.807, 2.05) is 13.8 Å². The molecule has 0 unspecified atom stereocenters. The van der Waals surface area contributed by atoms with Crippen molar-refractivity contribution in [2.75, 3.05) is 5.32 Å². The molecule has 0 aliphatic heterocycles. The minimum atomic E-state index is -4.37. The molecule has 0 spiro atoms. The van der Waals surface area contributed by atoms with E-state index in [1.54, 1.807) is 0 Å². The van der Waals surface area contributed by atoms with Gasteiger partial charge in [-0.25, -0.2) is 4.98 Å². The van der Waals surface area contributed by atoms with E-state index < -0.39 is 11.7 Å². The molecule has 1 heterocycles. The third-order valence-electron chi connectivity index (χ3n) is 2.50. The minimum absolute atomic E-state index is 0.0927. The van der Waals surface area contributed by atoms with Gasteiger partial charge in [-0.05, 0) is 38.1 Å². The van der Waals surface area contributed by atoms with E-state index in [-0.39, 0.29) is 23.1 Å². The first-order valence-corrected chi connectivity index (χ1v) is 6.77. The van der Waals surface area contributed by atoms with Gasteiger partial charge in [-0.2, -0.15) is 18.2 Å². The van der Waals surface area contributed by atoms with Crippen LogP contribution < -0.4 is 10.1 Å². The molecule has 0 amide bonds. The highest BCUT2D eigenvalue weighted by molar-refractivity contribution is 6.29. The van der Waals surface area contributed by atoms with E-state index in [0.29, 0.717) is 5.69 Å². The van der Waals surface area contributed by atoms with Gasteiger partial charge < -0.3 is 10.1 Å². The zero-order valence-corrected chi connectivity index (χ0v) is 12.5. The number of rotatable bonds is 4. The van der Waals surface area contributed by atoms with Crippen molar-refractivity contribution in [1.29, 1.82) is 0 Å². The molecule has 1 aromatic carbocycles. The summed E-state index contributed by atoms with van der Waals surface area (Å²) in [5.74, 6) is 0.423. The van der Waals surface area contributed by atoms with Crippen molar-refractivity contribution >= 4 is 23.2 Å². The van der Waals surface area contributed by atoms with Gasteiger partial charge in [-0.15, -0.1) is 0 Å². The van der Waals surface area contributed by atoms with Crippen LogP contribution in [0, 0.1) is 0 Å². The molecule has 2 rings (SSSR count). The van der Waals surface area contributed by atoms with Gasteiger partial charge >= 0.3 is 6.18 Å². The average molecular weight is 332 g/mol. The van der Waals surface area contributed by atoms with Crippen molar-refractivity contribution in [2.24, 2.45) is 0 Å². The Morgan fingerprint density at radius 3 is 2.32 bits per heavy atom. The zero-order chi connectivity index (χ0) is 16.3. The van der Waals surface area contributed by atoms with Gasteiger partial charge in [-0.3, -0.25) is 0 Å². The minimum Gasteiger partial charge on any atom is -0.475 e. The number of hydrogen-bond acceptors (Lipinski definition) is 4. The quantitative estimate of drug-likeness (QED) is 0.826. The van der Waals surface area contributed by atoms with Crippen LogP contribution >= 0.6 is 11.6 Å². The third kappa shape index (κ3) is 4.49. The number of aromatic nitrogens is 2. The fourth-order valence-corrected chi connectivity index (χ4v) is 1.80. The van der Waals surface area contributed by atoms with Crippen molar-refractivity contribution in [1.82, 2.24) is 9.97 Å². The van der Waals surface area contributed by atoms with Crippen molar-refractivity contribution in [2.45, 2.75) is 26.1 Å². The summed E-state index contributed by atoms with van der Waals surface area (Å²) in [7, 11) is 0. The average Bonchev–Trinajstić information content (AvgIpc) is 2.36. The maximum Gasteiger partial charge on any atom is 0.416 e. The van der Waals surface area contributed by atoms with Crippen molar-refractivity contribution in [3.63, 3.8) is 0 Å². The zero-order valence-electron chi connectivity index (χ0n) is 11.8. The Balaban J connectivity index is 2.18. The van der Waals surface area contributed by atoms with Gasteiger partial charge in [0.25, 0.3) is 0 Å². The van der Waals surface area contributed by atoms with E-state index in [1.165, 1.54) is 18.2 Å². The summed E-state index contributed by atoms with van der Waals surface area (Å²) in [6.07, 6.45) is -4.46. The Morgan fingerprint density at radius 1 is 1.14 bits per heavy atom. The number of nitrogens with zero attached hydrogens (tertiary/aromatic N) is 2. The molecular formula is C14H13ClF3N3O. The lowest BCUT2D eigenvalue weighted by Gasteiger charge is -2.11. The standard InChI is InChI=1S/C14H13ClF3N3O/c1-8(2)22-12-7-11(15)20-13(21-12)19-10-5-3-9(4-6-10)14(16,17)18/h3-8H,1-2H3,(H,19,20,21). The summed E-state index contributed by atoms with van der Waals surface area (Å²) in [4.78, 5) is 8.04. The molecule has 0 aliphatic rings. The van der Waals surface area contributed by atoms with Crippen LogP contribution in [-0.4, -0.2) is 16.1 Å². The smallest absolute Gasteiger partial charge is 0.416 e. The molecule has 0 bridgehead atoms. The summed E-state index contributed by atoms with van der Waals surface area (Å²) in [6.45, 7) is 3.66. The van der Waals surface area contributed by atoms with Crippen LogP contribution in [0.4, 0.5) is 24.8 Å². The molecular weight excluding hydrogens is 319 g/mol. The highest BCUT2D eigenvalue weighted by Gasteiger charge is 2.29. The number of halogens is 4. The predicted molar refractivity (Wildman–Crippen MR) is 77.5 cm³/mol. The molecule has 118 valence electrons. The van der Waals surface area contributed by atoms with Crippen LogP contribution in [0.5, 0.6) is 5.88 Å². The summed E-state index contributed by atoms with van der Waals surface area (Å²) < 4.78 is 42.9. The van der Waals surface area contributed by atoms with Crippen LogP contribution in [0.25, 0.3) is 0 Å². The van der Waals surface area contributed by atoms with E-state index in [9.17, 15) is 13.2 Å². The number of benzene rings is 1. The number of alkyl halides is 3. The highest BCUT2D eigenvalue weighted by Crippen LogP contribution is 2.30. The van der Waals surface area contributed by atoms with Gasteiger partial charge in [-0.1, -0.05) is 11.6 Å². The van der Waals surface area contributed by atoms with Crippen LogP contribution in [0.1, 0.15) is 19.4 Å².